The van der Waals surface area contributed by atoms with Crippen LogP contribution in [0.3, 0.4) is 0 Å². The van der Waals surface area contributed by atoms with Crippen LogP contribution in [0.15, 0.2) is 0 Å². The highest BCUT2D eigenvalue weighted by Gasteiger charge is 2.34. The van der Waals surface area contributed by atoms with E-state index in [1.165, 1.54) is 0 Å². The molecule has 0 radical (unpaired) electrons. The lowest BCUT2D eigenvalue weighted by Gasteiger charge is -2.25. The smallest absolute Gasteiger partial charge is 0.0557 e. The van der Waals surface area contributed by atoms with Crippen molar-refractivity contribution in [2.75, 3.05) is 40.5 Å². The summed E-state index contributed by atoms with van der Waals surface area (Å²) in [4.78, 5) is 0. The van der Waals surface area contributed by atoms with Gasteiger partial charge in [0.2, 0.25) is 0 Å². The Labute approximate surface area is 68.1 Å². The second-order valence-corrected chi connectivity index (χ2v) is 3.27. The Kier molecular flexibility index (Phi) is 3.30. The summed E-state index contributed by atoms with van der Waals surface area (Å²) in [7, 11) is 3.71. The third-order valence-electron chi connectivity index (χ3n) is 2.19. The van der Waals surface area contributed by atoms with Crippen molar-refractivity contribution in [1.82, 2.24) is 5.32 Å². The number of methoxy groups -OCH3 is 1. The van der Waals surface area contributed by atoms with Gasteiger partial charge in [-0.3, -0.25) is 0 Å². The van der Waals surface area contributed by atoms with E-state index in [0.717, 1.165) is 32.8 Å². The van der Waals surface area contributed by atoms with Gasteiger partial charge in [0.25, 0.3) is 0 Å². The van der Waals surface area contributed by atoms with Gasteiger partial charge in [0.15, 0.2) is 0 Å². The van der Waals surface area contributed by atoms with E-state index in [1.807, 2.05) is 7.05 Å². The van der Waals surface area contributed by atoms with Gasteiger partial charge in [0.1, 0.15) is 0 Å². The molecule has 1 aliphatic heterocycles. The minimum absolute atomic E-state index is 0.240. The van der Waals surface area contributed by atoms with Crippen molar-refractivity contribution in [2.24, 2.45) is 5.41 Å². The van der Waals surface area contributed by atoms with Crippen LogP contribution in [0.2, 0.25) is 0 Å². The Balaban J connectivity index is 2.40. The SMILES string of the molecule is CNCC1(COC)CCOC1. The molecule has 0 aromatic heterocycles. The molecule has 1 rings (SSSR count). The lowest BCUT2D eigenvalue weighted by Crippen LogP contribution is -2.37. The molecule has 3 heteroatoms. The summed E-state index contributed by atoms with van der Waals surface area (Å²) in [5, 5.41) is 3.18. The van der Waals surface area contributed by atoms with Crippen LogP contribution in [0.4, 0.5) is 0 Å². The third kappa shape index (κ3) is 2.15. The molecule has 1 unspecified atom stereocenters. The van der Waals surface area contributed by atoms with Crippen molar-refractivity contribution < 1.29 is 9.47 Å². The predicted molar refractivity (Wildman–Crippen MR) is 43.7 cm³/mol. The lowest BCUT2D eigenvalue weighted by molar-refractivity contribution is 0.0638. The normalized spacial score (nSPS) is 31.1. The van der Waals surface area contributed by atoms with Gasteiger partial charge in [-0.05, 0) is 13.5 Å². The first-order valence-corrected chi connectivity index (χ1v) is 4.04. The summed E-state index contributed by atoms with van der Waals surface area (Å²) < 4.78 is 10.5. The van der Waals surface area contributed by atoms with Crippen LogP contribution in [0.1, 0.15) is 6.42 Å². The van der Waals surface area contributed by atoms with E-state index in [0.29, 0.717) is 0 Å². The van der Waals surface area contributed by atoms with Gasteiger partial charge in [0.05, 0.1) is 13.2 Å². The number of ether oxygens (including phenoxy) is 2. The molecule has 1 atom stereocenters. The second kappa shape index (κ2) is 4.04. The van der Waals surface area contributed by atoms with Crippen LogP contribution in [0.25, 0.3) is 0 Å². The summed E-state index contributed by atoms with van der Waals surface area (Å²) in [6.45, 7) is 3.50. The summed E-state index contributed by atoms with van der Waals surface area (Å²) in [5.74, 6) is 0. The Morgan fingerprint density at radius 3 is 2.91 bits per heavy atom. The molecule has 0 amide bonds. The molecule has 0 saturated carbocycles. The minimum Gasteiger partial charge on any atom is -0.384 e. The van der Waals surface area contributed by atoms with Crippen molar-refractivity contribution in [1.29, 1.82) is 0 Å². The summed E-state index contributed by atoms with van der Waals surface area (Å²) in [5.41, 5.74) is 0.240. The predicted octanol–water partition coefficient (Wildman–Crippen LogP) is 0.259. The molecule has 0 aromatic rings. The van der Waals surface area contributed by atoms with E-state index in [1.54, 1.807) is 7.11 Å². The highest BCUT2D eigenvalue weighted by Crippen LogP contribution is 2.27. The zero-order valence-electron chi connectivity index (χ0n) is 7.35. The summed E-state index contributed by atoms with van der Waals surface area (Å²) in [6.07, 6.45) is 1.11. The monoisotopic (exact) mass is 159 g/mol. The van der Waals surface area contributed by atoms with Crippen LogP contribution in [0, 0.1) is 5.41 Å². The topological polar surface area (TPSA) is 30.5 Å². The molecule has 11 heavy (non-hydrogen) atoms. The molecule has 0 aliphatic carbocycles. The first kappa shape index (κ1) is 8.97. The van der Waals surface area contributed by atoms with E-state index in [4.69, 9.17) is 9.47 Å². The fourth-order valence-electron chi connectivity index (χ4n) is 1.63. The number of hydrogen-bond donors (Lipinski definition) is 1. The molecular weight excluding hydrogens is 142 g/mol. The van der Waals surface area contributed by atoms with Gasteiger partial charge in [-0.15, -0.1) is 0 Å². The zero-order chi connectivity index (χ0) is 8.16. The molecule has 0 bridgehead atoms. The lowest BCUT2D eigenvalue weighted by atomic mass is 9.88. The molecular formula is C8H17NO2. The standard InChI is InChI=1S/C8H17NO2/c1-9-5-8(6-10-2)3-4-11-7-8/h9H,3-7H2,1-2H3. The quantitative estimate of drug-likeness (QED) is 0.638. The fourth-order valence-corrected chi connectivity index (χ4v) is 1.63. The van der Waals surface area contributed by atoms with Crippen molar-refractivity contribution >= 4 is 0 Å². The fraction of sp³-hybridized carbons (Fsp3) is 1.00. The third-order valence-corrected chi connectivity index (χ3v) is 2.19. The van der Waals surface area contributed by atoms with Crippen LogP contribution in [-0.2, 0) is 9.47 Å². The number of hydrogen-bond acceptors (Lipinski definition) is 3. The number of nitrogens with one attached hydrogen (secondary N) is 1. The molecule has 1 saturated heterocycles. The van der Waals surface area contributed by atoms with Crippen molar-refractivity contribution in [3.63, 3.8) is 0 Å². The maximum Gasteiger partial charge on any atom is 0.0557 e. The molecule has 1 aliphatic rings. The van der Waals surface area contributed by atoms with Crippen molar-refractivity contribution in [2.45, 2.75) is 6.42 Å². The maximum atomic E-state index is 5.35. The average molecular weight is 159 g/mol. The first-order valence-electron chi connectivity index (χ1n) is 4.04. The largest absolute Gasteiger partial charge is 0.384 e. The van der Waals surface area contributed by atoms with Gasteiger partial charge in [-0.2, -0.15) is 0 Å². The minimum atomic E-state index is 0.240. The van der Waals surface area contributed by atoms with Crippen LogP contribution < -0.4 is 5.32 Å². The maximum absolute atomic E-state index is 5.35. The molecule has 1 fully saturated rings. The van der Waals surface area contributed by atoms with Crippen LogP contribution in [-0.4, -0.2) is 40.5 Å². The van der Waals surface area contributed by atoms with Gasteiger partial charge in [0, 0.05) is 25.7 Å². The van der Waals surface area contributed by atoms with E-state index < -0.39 is 0 Å². The van der Waals surface area contributed by atoms with Crippen LogP contribution in [0.5, 0.6) is 0 Å². The first-order chi connectivity index (χ1) is 5.33. The Bertz CT molecular complexity index is 103. The van der Waals surface area contributed by atoms with E-state index in [2.05, 4.69) is 5.32 Å². The van der Waals surface area contributed by atoms with Crippen molar-refractivity contribution in [3.05, 3.63) is 0 Å². The van der Waals surface area contributed by atoms with E-state index in [9.17, 15) is 0 Å². The molecule has 1 heterocycles. The molecule has 3 nitrogen and oxygen atoms in total. The highest BCUT2D eigenvalue weighted by atomic mass is 16.5. The Morgan fingerprint density at radius 1 is 1.64 bits per heavy atom. The average Bonchev–Trinajstić information content (AvgIpc) is 2.39. The summed E-state index contributed by atoms with van der Waals surface area (Å²) >= 11 is 0. The van der Waals surface area contributed by atoms with E-state index >= 15 is 0 Å². The zero-order valence-corrected chi connectivity index (χ0v) is 7.35. The number of rotatable bonds is 4. The molecule has 66 valence electrons. The van der Waals surface area contributed by atoms with Gasteiger partial charge < -0.3 is 14.8 Å². The van der Waals surface area contributed by atoms with Crippen LogP contribution >= 0.6 is 0 Å². The molecule has 0 aromatic carbocycles. The Hall–Kier alpha value is -0.120. The van der Waals surface area contributed by atoms with Gasteiger partial charge in [-0.1, -0.05) is 0 Å². The van der Waals surface area contributed by atoms with E-state index in [-0.39, 0.29) is 5.41 Å². The molecule has 0 spiro atoms. The van der Waals surface area contributed by atoms with Gasteiger partial charge >= 0.3 is 0 Å². The highest BCUT2D eigenvalue weighted by molar-refractivity contribution is 4.84. The molecule has 1 N–H and O–H groups in total. The van der Waals surface area contributed by atoms with Crippen molar-refractivity contribution in [3.8, 4) is 0 Å². The van der Waals surface area contributed by atoms with Gasteiger partial charge in [-0.25, -0.2) is 0 Å². The summed E-state index contributed by atoms with van der Waals surface area (Å²) in [6, 6.07) is 0. The second-order valence-electron chi connectivity index (χ2n) is 3.27. The Morgan fingerprint density at radius 2 is 2.45 bits per heavy atom.